The van der Waals surface area contributed by atoms with Gasteiger partial charge >= 0.3 is 0 Å². The third kappa shape index (κ3) is 2.26. The molecule has 4 aromatic rings. The van der Waals surface area contributed by atoms with Gasteiger partial charge in [0.1, 0.15) is 17.2 Å². The maximum atomic E-state index is 9.59. The van der Waals surface area contributed by atoms with Crippen molar-refractivity contribution in [2.45, 2.75) is 6.92 Å². The first kappa shape index (κ1) is 15.3. The van der Waals surface area contributed by atoms with Crippen LogP contribution in [-0.4, -0.2) is 34.5 Å². The molecule has 25 heavy (non-hydrogen) atoms. The maximum absolute atomic E-state index is 9.59. The molecule has 0 aliphatic heterocycles. The maximum Gasteiger partial charge on any atom is 0.156 e. The van der Waals surface area contributed by atoms with Gasteiger partial charge in [-0.1, -0.05) is 0 Å². The number of aryl methyl sites for hydroxylation is 1. The summed E-state index contributed by atoms with van der Waals surface area (Å²) < 4.78 is 11.2. The van der Waals surface area contributed by atoms with Crippen LogP contribution in [0, 0.1) is 6.92 Å². The number of methoxy groups -OCH3 is 2. The lowest BCUT2D eigenvalue weighted by Gasteiger charge is -2.16. The van der Waals surface area contributed by atoms with E-state index >= 15 is 0 Å². The van der Waals surface area contributed by atoms with Gasteiger partial charge in [-0.15, -0.1) is 0 Å². The van der Waals surface area contributed by atoms with Crippen molar-refractivity contribution in [3.63, 3.8) is 0 Å². The molecule has 0 bridgehead atoms. The van der Waals surface area contributed by atoms with Gasteiger partial charge in [0.25, 0.3) is 0 Å². The highest BCUT2D eigenvalue weighted by Crippen LogP contribution is 2.43. The van der Waals surface area contributed by atoms with E-state index in [1.807, 2.05) is 25.1 Å². The first-order valence-electron chi connectivity index (χ1n) is 7.81. The van der Waals surface area contributed by atoms with Crippen molar-refractivity contribution in [3.05, 3.63) is 42.1 Å². The number of aromatic amines is 1. The molecule has 6 heteroatoms. The van der Waals surface area contributed by atoms with Crippen molar-refractivity contribution in [3.8, 4) is 28.5 Å². The molecule has 0 atom stereocenters. The van der Waals surface area contributed by atoms with E-state index in [1.165, 1.54) is 0 Å². The molecule has 4 rings (SSSR count). The summed E-state index contributed by atoms with van der Waals surface area (Å²) in [6.45, 7) is 2.01. The smallest absolute Gasteiger partial charge is 0.156 e. The molecule has 0 radical (unpaired) electrons. The Morgan fingerprint density at radius 3 is 2.40 bits per heavy atom. The van der Waals surface area contributed by atoms with Gasteiger partial charge in [-0.2, -0.15) is 5.10 Å². The molecule has 0 aliphatic carbocycles. The Bertz CT molecular complexity index is 1080. The molecule has 2 N–H and O–H groups in total. The number of pyridine rings is 1. The summed E-state index contributed by atoms with van der Waals surface area (Å²) in [6, 6.07) is 8.82. The number of benzene rings is 2. The van der Waals surface area contributed by atoms with E-state index in [-0.39, 0.29) is 5.75 Å². The summed E-state index contributed by atoms with van der Waals surface area (Å²) in [6.07, 6.45) is 1.76. The average molecular weight is 335 g/mol. The van der Waals surface area contributed by atoms with Crippen LogP contribution in [0.25, 0.3) is 33.1 Å². The fourth-order valence-corrected chi connectivity index (χ4v) is 3.22. The monoisotopic (exact) mass is 335 g/mol. The standard InChI is InChI=1S/C19H17N3O3/c1-10-14(24-2)8-15(25-3)17-16(10)13-9-20-22-19(13)21-18(17)11-4-6-12(23)7-5-11/h4-9,23H,1-3H3,(H,20,21,22). The number of nitrogens with zero attached hydrogens (tertiary/aromatic N) is 2. The highest BCUT2D eigenvalue weighted by Gasteiger charge is 2.20. The number of aromatic hydroxyl groups is 1. The molecule has 2 aromatic carbocycles. The van der Waals surface area contributed by atoms with Gasteiger partial charge in [0.05, 0.1) is 31.5 Å². The van der Waals surface area contributed by atoms with E-state index < -0.39 is 0 Å². The largest absolute Gasteiger partial charge is 0.508 e. The Kier molecular flexibility index (Phi) is 3.46. The van der Waals surface area contributed by atoms with Crippen LogP contribution in [0.5, 0.6) is 17.2 Å². The minimum Gasteiger partial charge on any atom is -0.508 e. The second-order valence-corrected chi connectivity index (χ2v) is 5.80. The van der Waals surface area contributed by atoms with Crippen LogP contribution in [0.15, 0.2) is 36.5 Å². The van der Waals surface area contributed by atoms with Crippen LogP contribution in [0.2, 0.25) is 0 Å². The highest BCUT2D eigenvalue weighted by molar-refractivity contribution is 6.14. The molecule has 0 amide bonds. The van der Waals surface area contributed by atoms with Gasteiger partial charge in [-0.05, 0) is 36.8 Å². The van der Waals surface area contributed by atoms with Crippen LogP contribution >= 0.6 is 0 Å². The summed E-state index contributed by atoms with van der Waals surface area (Å²) in [5, 5.41) is 19.5. The van der Waals surface area contributed by atoms with Crippen molar-refractivity contribution in [1.29, 1.82) is 0 Å². The van der Waals surface area contributed by atoms with E-state index in [2.05, 4.69) is 10.2 Å². The Labute approximate surface area is 144 Å². The van der Waals surface area contributed by atoms with E-state index in [0.29, 0.717) is 11.4 Å². The van der Waals surface area contributed by atoms with Crippen molar-refractivity contribution >= 4 is 21.8 Å². The van der Waals surface area contributed by atoms with Crippen LogP contribution in [0.1, 0.15) is 5.56 Å². The first-order chi connectivity index (χ1) is 12.1. The second-order valence-electron chi connectivity index (χ2n) is 5.80. The first-order valence-corrected chi connectivity index (χ1v) is 7.81. The Morgan fingerprint density at radius 1 is 1.00 bits per heavy atom. The van der Waals surface area contributed by atoms with Gasteiger partial charge in [-0.3, -0.25) is 5.10 Å². The molecule has 2 aromatic heterocycles. The summed E-state index contributed by atoms with van der Waals surface area (Å²) in [7, 11) is 3.27. The molecule has 6 nitrogen and oxygen atoms in total. The average Bonchev–Trinajstić information content (AvgIpc) is 3.10. The lowest BCUT2D eigenvalue weighted by molar-refractivity contribution is 0.396. The third-order valence-electron chi connectivity index (χ3n) is 4.43. The number of hydrogen-bond acceptors (Lipinski definition) is 5. The zero-order chi connectivity index (χ0) is 17.6. The summed E-state index contributed by atoms with van der Waals surface area (Å²) in [5.41, 5.74) is 3.32. The topological polar surface area (TPSA) is 80.3 Å². The second kappa shape index (κ2) is 5.66. The SMILES string of the molecule is COc1cc(OC)c2c(-c3ccc(O)cc3)nc3[nH]ncc3c2c1C. The van der Waals surface area contributed by atoms with Crippen LogP contribution in [0.3, 0.4) is 0 Å². The number of ether oxygens (including phenoxy) is 2. The third-order valence-corrected chi connectivity index (χ3v) is 4.43. The number of phenols is 1. The van der Waals surface area contributed by atoms with Crippen molar-refractivity contribution in [2.75, 3.05) is 14.2 Å². The van der Waals surface area contributed by atoms with Crippen LogP contribution in [0.4, 0.5) is 0 Å². The molecule has 0 spiro atoms. The summed E-state index contributed by atoms with van der Waals surface area (Å²) >= 11 is 0. The van der Waals surface area contributed by atoms with Crippen LogP contribution < -0.4 is 9.47 Å². The molecule has 2 heterocycles. The van der Waals surface area contributed by atoms with Gasteiger partial charge in [-0.25, -0.2) is 4.98 Å². The van der Waals surface area contributed by atoms with Crippen molar-refractivity contribution in [1.82, 2.24) is 15.2 Å². The fourth-order valence-electron chi connectivity index (χ4n) is 3.22. The molecular formula is C19H17N3O3. The van der Waals surface area contributed by atoms with E-state index in [1.54, 1.807) is 32.5 Å². The van der Waals surface area contributed by atoms with Crippen molar-refractivity contribution < 1.29 is 14.6 Å². The molecular weight excluding hydrogens is 318 g/mol. The summed E-state index contributed by atoms with van der Waals surface area (Å²) in [5.74, 6) is 1.63. The van der Waals surface area contributed by atoms with Gasteiger partial charge in [0, 0.05) is 22.4 Å². The number of fused-ring (bicyclic) bond motifs is 3. The van der Waals surface area contributed by atoms with Gasteiger partial charge in [0.15, 0.2) is 5.65 Å². The summed E-state index contributed by atoms with van der Waals surface area (Å²) in [4.78, 5) is 4.75. The van der Waals surface area contributed by atoms with E-state index in [9.17, 15) is 5.11 Å². The molecule has 0 saturated heterocycles. The molecule has 0 fully saturated rings. The number of H-pyrrole nitrogens is 1. The number of aromatic nitrogens is 3. The predicted octanol–water partition coefficient (Wildman–Crippen LogP) is 3.81. The van der Waals surface area contributed by atoms with E-state index in [0.717, 1.165) is 38.7 Å². The highest BCUT2D eigenvalue weighted by atomic mass is 16.5. The van der Waals surface area contributed by atoms with Gasteiger partial charge in [0.2, 0.25) is 0 Å². The Balaban J connectivity index is 2.21. The van der Waals surface area contributed by atoms with Crippen LogP contribution in [-0.2, 0) is 0 Å². The molecule has 0 unspecified atom stereocenters. The Morgan fingerprint density at radius 2 is 1.72 bits per heavy atom. The molecule has 0 saturated carbocycles. The zero-order valence-electron chi connectivity index (χ0n) is 14.1. The molecule has 0 aliphatic rings. The number of hydrogen-bond donors (Lipinski definition) is 2. The molecule has 126 valence electrons. The zero-order valence-corrected chi connectivity index (χ0v) is 14.1. The Hall–Kier alpha value is -3.28. The number of phenolic OH excluding ortho intramolecular Hbond substituents is 1. The quantitative estimate of drug-likeness (QED) is 0.595. The minimum absolute atomic E-state index is 0.209. The van der Waals surface area contributed by atoms with E-state index in [4.69, 9.17) is 14.5 Å². The number of rotatable bonds is 3. The lowest BCUT2D eigenvalue weighted by atomic mass is 9.97. The van der Waals surface area contributed by atoms with Crippen molar-refractivity contribution in [2.24, 2.45) is 0 Å². The predicted molar refractivity (Wildman–Crippen MR) is 96.3 cm³/mol. The number of nitrogens with one attached hydrogen (secondary N) is 1. The minimum atomic E-state index is 0.209. The van der Waals surface area contributed by atoms with Gasteiger partial charge < -0.3 is 14.6 Å². The normalized spacial score (nSPS) is 11.2. The fraction of sp³-hybridized carbons (Fsp3) is 0.158. The lowest BCUT2D eigenvalue weighted by Crippen LogP contribution is -1.97.